The molecule has 0 atom stereocenters. The number of fused-ring (bicyclic) bond motifs is 2. The molecule has 0 aliphatic rings. The number of H-pyrrole nitrogens is 2. The van der Waals surface area contributed by atoms with Gasteiger partial charge in [0.1, 0.15) is 23.3 Å². The van der Waals surface area contributed by atoms with Crippen LogP contribution in [0.5, 0.6) is 0 Å². The summed E-state index contributed by atoms with van der Waals surface area (Å²) in [5, 5.41) is 25.6. The van der Waals surface area contributed by atoms with Crippen molar-refractivity contribution in [1.82, 2.24) is 49.4 Å². The maximum atomic E-state index is 11.6. The van der Waals surface area contributed by atoms with Gasteiger partial charge in [-0.3, -0.25) is 5.10 Å². The van der Waals surface area contributed by atoms with Crippen molar-refractivity contribution >= 4 is 23.2 Å². The van der Waals surface area contributed by atoms with Crippen LogP contribution in [0.4, 0.5) is 0 Å². The number of rotatable bonds is 5. The number of pyridine rings is 2. The third-order valence-electron chi connectivity index (χ3n) is 5.01. The van der Waals surface area contributed by atoms with E-state index in [0.29, 0.717) is 29.4 Å². The smallest absolute Gasteiger partial charge is 0.358 e. The minimum absolute atomic E-state index is 0.0160. The molecule has 6 aromatic rings. The second-order valence-electron chi connectivity index (χ2n) is 7.33. The number of esters is 1. The minimum atomic E-state index is -1.04. The van der Waals surface area contributed by atoms with Gasteiger partial charge in [-0.15, -0.1) is 0 Å². The van der Waals surface area contributed by atoms with Gasteiger partial charge in [-0.25, -0.2) is 24.5 Å². The van der Waals surface area contributed by atoms with Gasteiger partial charge >= 0.3 is 11.9 Å². The Morgan fingerprint density at radius 2 is 1.64 bits per heavy atom. The Hall–Kier alpha value is -5.40. The number of carboxylic acid groups (broad SMARTS) is 1. The number of carbonyl (C=O) groups excluding carboxylic acids is 1. The van der Waals surface area contributed by atoms with Crippen molar-refractivity contribution in [2.75, 3.05) is 6.61 Å². The van der Waals surface area contributed by atoms with Gasteiger partial charge in [-0.1, -0.05) is 0 Å². The second-order valence-corrected chi connectivity index (χ2v) is 7.33. The van der Waals surface area contributed by atoms with E-state index in [1.54, 1.807) is 46.4 Å². The van der Waals surface area contributed by atoms with Crippen molar-refractivity contribution < 1.29 is 19.4 Å². The van der Waals surface area contributed by atoms with Gasteiger partial charge in [0.15, 0.2) is 17.2 Å². The molecule has 6 rings (SSSR count). The van der Waals surface area contributed by atoms with Crippen LogP contribution < -0.4 is 0 Å². The molecule has 14 nitrogen and oxygen atoms in total. The van der Waals surface area contributed by atoms with E-state index in [1.807, 2.05) is 18.3 Å². The van der Waals surface area contributed by atoms with Crippen LogP contribution in [0.3, 0.4) is 0 Å². The van der Waals surface area contributed by atoms with Gasteiger partial charge in [0.25, 0.3) is 0 Å². The van der Waals surface area contributed by atoms with Crippen molar-refractivity contribution in [1.29, 1.82) is 0 Å². The Labute approximate surface area is 201 Å². The zero-order valence-corrected chi connectivity index (χ0v) is 18.7. The van der Waals surface area contributed by atoms with E-state index >= 15 is 0 Å². The fourth-order valence-electron chi connectivity index (χ4n) is 3.37. The molecule has 14 heteroatoms. The lowest BCUT2D eigenvalue weighted by Crippen LogP contribution is -2.04. The molecule has 0 saturated heterocycles. The standard InChI is InChI=1S/C12H11N5O2.C10H7N5O2/c1-2-19-12(18)9-6-17-5-8(3-4-10(17)15-9)11-13-7-14-16-11;16-10(17)8-5-15-4-6(1-2-9(15)12-8)7-3-11-14-13-7/h3-7H,2H2,1H3,(H,13,14,16);1-5H,(H,16,17)(H,11,13,14). The maximum Gasteiger partial charge on any atom is 0.358 e. The quantitative estimate of drug-likeness (QED) is 0.305. The molecule has 0 aliphatic heterocycles. The lowest BCUT2D eigenvalue weighted by Gasteiger charge is -1.97. The van der Waals surface area contributed by atoms with Crippen molar-refractivity contribution in [2.24, 2.45) is 0 Å². The van der Waals surface area contributed by atoms with Gasteiger partial charge in [-0.05, 0) is 31.2 Å². The average Bonchev–Trinajstić information content (AvgIpc) is 3.69. The van der Waals surface area contributed by atoms with Crippen LogP contribution in [-0.4, -0.2) is 73.0 Å². The van der Waals surface area contributed by atoms with Gasteiger partial charge < -0.3 is 18.6 Å². The third-order valence-corrected chi connectivity index (χ3v) is 5.01. The predicted molar refractivity (Wildman–Crippen MR) is 124 cm³/mol. The molecule has 6 aromatic heterocycles. The third kappa shape index (κ3) is 4.50. The molecule has 180 valence electrons. The molecule has 0 radical (unpaired) electrons. The molecule has 3 N–H and O–H groups in total. The summed E-state index contributed by atoms with van der Waals surface area (Å²) in [5.74, 6) is -0.808. The Bertz CT molecular complexity index is 1650. The number of imidazole rings is 2. The first-order valence-corrected chi connectivity index (χ1v) is 10.6. The van der Waals surface area contributed by atoms with Crippen molar-refractivity contribution in [2.45, 2.75) is 6.92 Å². The zero-order valence-electron chi connectivity index (χ0n) is 18.7. The van der Waals surface area contributed by atoms with Crippen LogP contribution in [-0.2, 0) is 4.74 Å². The first-order valence-electron chi connectivity index (χ1n) is 10.6. The SMILES string of the molecule is CCOC(=O)c1cn2cc(-c3ncn[nH]3)ccc2n1.O=C(O)c1cn2cc(-c3cn[nH]n3)ccc2n1. The van der Waals surface area contributed by atoms with Crippen LogP contribution in [0.15, 0.2) is 61.6 Å². The summed E-state index contributed by atoms with van der Waals surface area (Å²) in [7, 11) is 0. The molecule has 0 bridgehead atoms. The maximum absolute atomic E-state index is 11.6. The molecule has 0 fully saturated rings. The molecule has 0 amide bonds. The number of ether oxygens (including phenoxy) is 1. The van der Waals surface area contributed by atoms with E-state index in [9.17, 15) is 9.59 Å². The average molecular weight is 486 g/mol. The summed E-state index contributed by atoms with van der Waals surface area (Å²) in [5.41, 5.74) is 3.94. The summed E-state index contributed by atoms with van der Waals surface area (Å²) in [6.07, 6.45) is 9.71. The summed E-state index contributed by atoms with van der Waals surface area (Å²) < 4.78 is 8.32. The van der Waals surface area contributed by atoms with Crippen molar-refractivity contribution in [3.8, 4) is 22.6 Å². The van der Waals surface area contributed by atoms with E-state index in [-0.39, 0.29) is 11.4 Å². The number of aromatic carboxylic acids is 1. The molecule has 6 heterocycles. The zero-order chi connectivity index (χ0) is 25.1. The molecule has 0 spiro atoms. The largest absolute Gasteiger partial charge is 0.476 e. The monoisotopic (exact) mass is 486 g/mol. The number of hydrogen-bond acceptors (Lipinski definition) is 9. The highest BCUT2D eigenvalue weighted by atomic mass is 16.5. The number of carbonyl (C=O) groups is 2. The highest BCUT2D eigenvalue weighted by molar-refractivity contribution is 5.88. The normalized spacial score (nSPS) is 10.8. The summed E-state index contributed by atoms with van der Waals surface area (Å²) in [6, 6.07) is 7.21. The summed E-state index contributed by atoms with van der Waals surface area (Å²) in [4.78, 5) is 34.6. The first kappa shape index (κ1) is 22.4. The van der Waals surface area contributed by atoms with Crippen LogP contribution in [0.2, 0.25) is 0 Å². The first-order chi connectivity index (χ1) is 17.5. The lowest BCUT2D eigenvalue weighted by atomic mass is 10.2. The fraction of sp³-hybridized carbons (Fsp3) is 0.0909. The van der Waals surface area contributed by atoms with E-state index in [1.165, 1.54) is 12.5 Å². The molecular formula is C22H18N10O4. The fourth-order valence-corrected chi connectivity index (χ4v) is 3.37. The summed E-state index contributed by atoms with van der Waals surface area (Å²) >= 11 is 0. The molecule has 0 saturated carbocycles. The number of nitrogens with zero attached hydrogens (tertiary/aromatic N) is 8. The van der Waals surface area contributed by atoms with E-state index in [0.717, 1.165) is 11.1 Å². The Morgan fingerprint density at radius 3 is 2.28 bits per heavy atom. The lowest BCUT2D eigenvalue weighted by molar-refractivity contribution is 0.0519. The van der Waals surface area contributed by atoms with Gasteiger partial charge in [0.2, 0.25) is 0 Å². The van der Waals surface area contributed by atoms with Gasteiger partial charge in [-0.2, -0.15) is 20.5 Å². The van der Waals surface area contributed by atoms with Crippen LogP contribution in [0.25, 0.3) is 33.9 Å². The Kier molecular flexibility index (Phi) is 5.88. The van der Waals surface area contributed by atoms with Gasteiger partial charge in [0, 0.05) is 35.9 Å². The Morgan fingerprint density at radius 1 is 0.944 bits per heavy atom. The van der Waals surface area contributed by atoms with E-state index in [4.69, 9.17) is 9.84 Å². The van der Waals surface area contributed by atoms with Crippen molar-refractivity contribution in [3.05, 3.63) is 73.0 Å². The number of aromatic nitrogens is 10. The second kappa shape index (κ2) is 9.46. The van der Waals surface area contributed by atoms with E-state index in [2.05, 4.69) is 40.6 Å². The van der Waals surface area contributed by atoms with Crippen molar-refractivity contribution in [3.63, 3.8) is 0 Å². The van der Waals surface area contributed by atoms with Crippen LogP contribution in [0, 0.1) is 0 Å². The number of nitrogens with one attached hydrogen (secondary N) is 2. The number of hydrogen-bond donors (Lipinski definition) is 3. The van der Waals surface area contributed by atoms with Crippen LogP contribution in [0.1, 0.15) is 27.9 Å². The predicted octanol–water partition coefficient (Wildman–Crippen LogP) is 2.11. The topological polar surface area (TPSA) is 181 Å². The van der Waals surface area contributed by atoms with E-state index < -0.39 is 11.9 Å². The molecule has 36 heavy (non-hydrogen) atoms. The van der Waals surface area contributed by atoms with Gasteiger partial charge in [0.05, 0.1) is 12.8 Å². The molecule has 0 unspecified atom stereocenters. The molecule has 0 aromatic carbocycles. The minimum Gasteiger partial charge on any atom is -0.476 e. The molecular weight excluding hydrogens is 468 g/mol. The molecule has 0 aliphatic carbocycles. The summed E-state index contributed by atoms with van der Waals surface area (Å²) in [6.45, 7) is 2.09. The number of carboxylic acids is 1. The highest BCUT2D eigenvalue weighted by Gasteiger charge is 2.12. The highest BCUT2D eigenvalue weighted by Crippen LogP contribution is 2.17. The Balaban J connectivity index is 0.000000149. The van der Waals surface area contributed by atoms with Crippen LogP contribution >= 0.6 is 0 Å². The number of aromatic amines is 2.